The van der Waals surface area contributed by atoms with Gasteiger partial charge in [-0.25, -0.2) is 0 Å². The fourth-order valence-electron chi connectivity index (χ4n) is 1.02. The van der Waals surface area contributed by atoms with Crippen molar-refractivity contribution in [3.05, 3.63) is 51.9 Å². The Labute approximate surface area is 100 Å². The molecule has 0 saturated carbocycles. The van der Waals surface area contributed by atoms with Crippen molar-refractivity contribution in [2.45, 2.75) is 4.21 Å². The Morgan fingerprint density at radius 3 is 2.56 bits per heavy atom. The second-order valence-corrected chi connectivity index (χ2v) is 4.83. The Kier molecular flexibility index (Phi) is 3.43. The largest absolute Gasteiger partial charge is 0.420 e. The number of non-ortho nitro benzene ring substituents is 1. The number of thiophene rings is 1. The molecule has 0 unspecified atom stereocenters. The summed E-state index contributed by atoms with van der Waals surface area (Å²) in [5.41, 5.74) is 0.0634. The van der Waals surface area contributed by atoms with Crippen molar-refractivity contribution in [2.75, 3.05) is 0 Å². The van der Waals surface area contributed by atoms with Crippen molar-refractivity contribution in [1.82, 2.24) is 0 Å². The topological polar surface area (TPSA) is 52.4 Å². The van der Waals surface area contributed by atoms with Crippen LogP contribution in [0.5, 0.6) is 5.75 Å². The fraction of sp³-hybridized carbons (Fsp3) is 0. The van der Waals surface area contributed by atoms with Crippen LogP contribution in [0.1, 0.15) is 0 Å². The van der Waals surface area contributed by atoms with Gasteiger partial charge >= 0.3 is 0 Å². The van der Waals surface area contributed by atoms with Gasteiger partial charge in [0.05, 0.1) is 4.92 Å². The summed E-state index contributed by atoms with van der Waals surface area (Å²) in [6, 6.07) is 9.89. The van der Waals surface area contributed by atoms with Gasteiger partial charge in [-0.05, 0) is 23.6 Å². The summed E-state index contributed by atoms with van der Waals surface area (Å²) in [5.74, 6) is 0.601. The zero-order valence-electron chi connectivity index (χ0n) is 8.03. The molecule has 4 nitrogen and oxygen atoms in total. The molecule has 1 aromatic carbocycles. The number of hydrogen-bond donors (Lipinski definition) is 0. The minimum atomic E-state index is -0.434. The van der Waals surface area contributed by atoms with Crippen molar-refractivity contribution in [1.29, 1.82) is 0 Å². The van der Waals surface area contributed by atoms with Gasteiger partial charge in [-0.1, -0.05) is 6.07 Å². The molecular weight excluding hydrogens is 246 g/mol. The third-order valence-corrected chi connectivity index (χ3v) is 3.49. The lowest BCUT2D eigenvalue weighted by molar-refractivity contribution is -0.384. The van der Waals surface area contributed by atoms with Crippen LogP contribution >= 0.6 is 23.4 Å². The third kappa shape index (κ3) is 2.74. The van der Waals surface area contributed by atoms with Crippen LogP contribution < -0.4 is 4.18 Å². The quantitative estimate of drug-likeness (QED) is 0.473. The summed E-state index contributed by atoms with van der Waals surface area (Å²) in [7, 11) is 0. The monoisotopic (exact) mass is 253 g/mol. The average Bonchev–Trinajstić information content (AvgIpc) is 2.80. The van der Waals surface area contributed by atoms with Crippen LogP contribution in [0.15, 0.2) is 46.0 Å². The van der Waals surface area contributed by atoms with Crippen LogP contribution in [0.25, 0.3) is 0 Å². The highest BCUT2D eigenvalue weighted by Gasteiger charge is 2.05. The van der Waals surface area contributed by atoms with E-state index in [-0.39, 0.29) is 5.69 Å². The lowest BCUT2D eigenvalue weighted by Gasteiger charge is -2.00. The molecule has 0 aliphatic heterocycles. The maximum absolute atomic E-state index is 10.4. The Morgan fingerprint density at radius 1 is 1.25 bits per heavy atom. The molecule has 16 heavy (non-hydrogen) atoms. The highest BCUT2D eigenvalue weighted by molar-refractivity contribution is 7.97. The summed E-state index contributed by atoms with van der Waals surface area (Å²) < 4.78 is 6.43. The van der Waals surface area contributed by atoms with Gasteiger partial charge in [0.2, 0.25) is 0 Å². The Morgan fingerprint density at radius 2 is 2.00 bits per heavy atom. The highest BCUT2D eigenvalue weighted by atomic mass is 32.2. The first-order valence-electron chi connectivity index (χ1n) is 4.38. The predicted octanol–water partition coefficient (Wildman–Crippen LogP) is 3.74. The zero-order chi connectivity index (χ0) is 11.4. The number of nitrogens with zero attached hydrogens (tertiary/aromatic N) is 1. The number of hydrogen-bond acceptors (Lipinski definition) is 5. The van der Waals surface area contributed by atoms with Gasteiger partial charge in [0, 0.05) is 12.1 Å². The smallest absolute Gasteiger partial charge is 0.269 e. The van der Waals surface area contributed by atoms with Crippen LogP contribution in [-0.4, -0.2) is 4.92 Å². The van der Waals surface area contributed by atoms with Gasteiger partial charge in [-0.15, -0.1) is 11.3 Å². The van der Waals surface area contributed by atoms with E-state index >= 15 is 0 Å². The molecule has 0 N–H and O–H groups in total. The van der Waals surface area contributed by atoms with Crippen molar-refractivity contribution in [3.63, 3.8) is 0 Å². The molecule has 0 fully saturated rings. The maximum Gasteiger partial charge on any atom is 0.269 e. The summed E-state index contributed by atoms with van der Waals surface area (Å²) >= 11 is 2.82. The van der Waals surface area contributed by atoms with Crippen molar-refractivity contribution in [3.8, 4) is 5.75 Å². The van der Waals surface area contributed by atoms with Crippen LogP contribution in [0.3, 0.4) is 0 Å². The van der Waals surface area contributed by atoms with Crippen molar-refractivity contribution in [2.24, 2.45) is 0 Å². The molecule has 1 heterocycles. The molecule has 0 radical (unpaired) electrons. The summed E-state index contributed by atoms with van der Waals surface area (Å²) in [5, 5.41) is 12.4. The predicted molar refractivity (Wildman–Crippen MR) is 63.9 cm³/mol. The second-order valence-electron chi connectivity index (χ2n) is 2.85. The minimum absolute atomic E-state index is 0.0634. The van der Waals surface area contributed by atoms with Crippen LogP contribution in [0.2, 0.25) is 0 Å². The van der Waals surface area contributed by atoms with Crippen molar-refractivity contribution >= 4 is 29.1 Å². The second kappa shape index (κ2) is 5.00. The molecule has 0 atom stereocenters. The van der Waals surface area contributed by atoms with E-state index in [1.807, 2.05) is 17.5 Å². The zero-order valence-corrected chi connectivity index (χ0v) is 9.66. The minimum Gasteiger partial charge on any atom is -0.420 e. The Hall–Kier alpha value is -1.53. The SMILES string of the molecule is O=[N+]([O-])c1ccc(OSc2cccs2)cc1. The van der Waals surface area contributed by atoms with Crippen LogP contribution in [0, 0.1) is 10.1 Å². The van der Waals surface area contributed by atoms with Crippen LogP contribution in [-0.2, 0) is 0 Å². The average molecular weight is 253 g/mol. The summed E-state index contributed by atoms with van der Waals surface area (Å²) in [6.45, 7) is 0. The normalized spacial score (nSPS) is 10.0. The van der Waals surface area contributed by atoms with Gasteiger partial charge in [0.1, 0.15) is 22.0 Å². The molecule has 0 amide bonds. The molecule has 0 bridgehead atoms. The number of rotatable bonds is 4. The third-order valence-electron chi connectivity index (χ3n) is 1.76. The van der Waals surface area contributed by atoms with Gasteiger partial charge in [0.15, 0.2) is 0 Å². The molecule has 0 saturated heterocycles. The van der Waals surface area contributed by atoms with Gasteiger partial charge in [-0.3, -0.25) is 10.1 Å². The van der Waals surface area contributed by atoms with Gasteiger partial charge < -0.3 is 4.18 Å². The lowest BCUT2D eigenvalue weighted by atomic mass is 10.3. The van der Waals surface area contributed by atoms with Crippen molar-refractivity contribution < 1.29 is 9.11 Å². The molecular formula is C10H7NO3S2. The van der Waals surface area contributed by atoms with Gasteiger partial charge in [0.25, 0.3) is 5.69 Å². The Bertz CT molecular complexity index is 467. The Balaban J connectivity index is 1.98. The number of nitro groups is 1. The van der Waals surface area contributed by atoms with E-state index in [1.54, 1.807) is 23.5 Å². The first-order chi connectivity index (χ1) is 7.75. The van der Waals surface area contributed by atoms with E-state index in [9.17, 15) is 10.1 Å². The summed E-state index contributed by atoms with van der Waals surface area (Å²) in [4.78, 5) is 9.98. The first-order valence-corrected chi connectivity index (χ1v) is 6.00. The molecule has 0 spiro atoms. The molecule has 2 aromatic rings. The standard InChI is InChI=1S/C10H7NO3S2/c12-11(13)8-3-5-9(6-4-8)14-16-10-2-1-7-15-10/h1-7H. The molecule has 1 aromatic heterocycles. The summed E-state index contributed by atoms with van der Waals surface area (Å²) in [6.07, 6.45) is 0. The number of benzene rings is 1. The van der Waals surface area contributed by atoms with E-state index < -0.39 is 4.92 Å². The molecule has 2 rings (SSSR count). The van der Waals surface area contributed by atoms with E-state index in [2.05, 4.69) is 0 Å². The molecule has 6 heteroatoms. The van der Waals surface area contributed by atoms with Gasteiger partial charge in [-0.2, -0.15) is 0 Å². The van der Waals surface area contributed by atoms with E-state index in [4.69, 9.17) is 4.18 Å². The maximum atomic E-state index is 10.4. The van der Waals surface area contributed by atoms with E-state index in [0.717, 1.165) is 4.21 Å². The fourth-order valence-corrected chi connectivity index (χ4v) is 2.32. The molecule has 0 aliphatic rings. The molecule has 82 valence electrons. The van der Waals surface area contributed by atoms with Crippen LogP contribution in [0.4, 0.5) is 5.69 Å². The first kappa shape index (κ1) is 11.0. The van der Waals surface area contributed by atoms with E-state index in [1.165, 1.54) is 24.2 Å². The molecule has 0 aliphatic carbocycles. The van der Waals surface area contributed by atoms with E-state index in [0.29, 0.717) is 5.75 Å². The number of nitro benzene ring substituents is 1. The lowest BCUT2D eigenvalue weighted by Crippen LogP contribution is -1.87. The highest BCUT2D eigenvalue weighted by Crippen LogP contribution is 2.27.